The molecule has 0 aliphatic heterocycles. The van der Waals surface area contributed by atoms with Crippen LogP contribution in [-0.2, 0) is 11.8 Å². The van der Waals surface area contributed by atoms with Gasteiger partial charge in [0, 0.05) is 35.3 Å². The van der Waals surface area contributed by atoms with Crippen LogP contribution in [0.1, 0.15) is 18.4 Å². The number of carbonyl (C=O) groups is 1. The van der Waals surface area contributed by atoms with Gasteiger partial charge in [-0.15, -0.1) is 0 Å². The normalized spacial score (nSPS) is 17.8. The summed E-state index contributed by atoms with van der Waals surface area (Å²) in [6, 6.07) is 8.27. The number of allylic oxidation sites excluding steroid dienone is 3. The Bertz CT molecular complexity index is 673. The van der Waals surface area contributed by atoms with Crippen molar-refractivity contribution in [3.05, 3.63) is 53.8 Å². The van der Waals surface area contributed by atoms with Gasteiger partial charge in [0.1, 0.15) is 0 Å². The minimum atomic E-state index is 0.147. The highest BCUT2D eigenvalue weighted by Crippen LogP contribution is 2.25. The first-order valence-electron chi connectivity index (χ1n) is 6.21. The first-order chi connectivity index (χ1) is 8.75. The number of para-hydroxylation sites is 1. The third-order valence-corrected chi connectivity index (χ3v) is 3.42. The summed E-state index contributed by atoms with van der Waals surface area (Å²) in [6.45, 7) is 0. The number of fused-ring (bicyclic) bond motifs is 1. The standard InChI is InChI=1S/C16H15NO/c1-17-11-13(14-7-3-4-8-15(14)17)10-12-6-2-5-9-16(12)18/h3-5,7-11H,2,6H2,1H3/b12-10+. The number of aromatic nitrogens is 1. The molecule has 0 saturated carbocycles. The molecule has 0 fully saturated rings. The Kier molecular flexibility index (Phi) is 2.63. The molecular weight excluding hydrogens is 222 g/mol. The monoisotopic (exact) mass is 237 g/mol. The molecule has 1 aliphatic carbocycles. The third kappa shape index (κ3) is 1.80. The molecule has 1 aromatic carbocycles. The summed E-state index contributed by atoms with van der Waals surface area (Å²) in [5.41, 5.74) is 3.24. The van der Waals surface area contributed by atoms with Crippen molar-refractivity contribution >= 4 is 22.8 Å². The van der Waals surface area contributed by atoms with E-state index >= 15 is 0 Å². The molecule has 0 radical (unpaired) electrons. The van der Waals surface area contributed by atoms with Crippen LogP contribution < -0.4 is 0 Å². The van der Waals surface area contributed by atoms with Crippen molar-refractivity contribution < 1.29 is 4.79 Å². The Labute approximate surface area is 106 Å². The van der Waals surface area contributed by atoms with Crippen LogP contribution in [0.15, 0.2) is 48.2 Å². The molecule has 0 saturated heterocycles. The highest BCUT2D eigenvalue weighted by molar-refractivity contribution is 6.09. The number of hydrogen-bond donors (Lipinski definition) is 0. The topological polar surface area (TPSA) is 22.0 Å². The summed E-state index contributed by atoms with van der Waals surface area (Å²) in [7, 11) is 2.03. The van der Waals surface area contributed by atoms with E-state index in [2.05, 4.69) is 22.9 Å². The van der Waals surface area contributed by atoms with Crippen molar-refractivity contribution in [2.75, 3.05) is 0 Å². The smallest absolute Gasteiger partial charge is 0.181 e. The maximum Gasteiger partial charge on any atom is 0.181 e. The molecule has 0 N–H and O–H groups in total. The van der Waals surface area contributed by atoms with Gasteiger partial charge in [0.2, 0.25) is 0 Å². The number of ketones is 1. The largest absolute Gasteiger partial charge is 0.350 e. The van der Waals surface area contributed by atoms with E-state index in [1.165, 1.54) is 10.9 Å². The molecule has 3 rings (SSSR count). The van der Waals surface area contributed by atoms with Crippen molar-refractivity contribution in [3.63, 3.8) is 0 Å². The van der Waals surface area contributed by atoms with E-state index < -0.39 is 0 Å². The second-order valence-electron chi connectivity index (χ2n) is 4.69. The van der Waals surface area contributed by atoms with E-state index in [0.717, 1.165) is 24.0 Å². The number of benzene rings is 1. The summed E-state index contributed by atoms with van der Waals surface area (Å²) in [5.74, 6) is 0.147. The fourth-order valence-corrected chi connectivity index (χ4v) is 2.48. The fraction of sp³-hybridized carbons (Fsp3) is 0.188. The number of hydrogen-bond acceptors (Lipinski definition) is 1. The van der Waals surface area contributed by atoms with Gasteiger partial charge in [-0.05, 0) is 31.1 Å². The number of aryl methyl sites for hydroxylation is 1. The zero-order valence-electron chi connectivity index (χ0n) is 10.4. The lowest BCUT2D eigenvalue weighted by molar-refractivity contribution is -0.111. The molecule has 0 amide bonds. The highest BCUT2D eigenvalue weighted by atomic mass is 16.1. The Morgan fingerprint density at radius 3 is 2.94 bits per heavy atom. The summed E-state index contributed by atoms with van der Waals surface area (Å²) in [6.07, 6.45) is 9.56. The van der Waals surface area contributed by atoms with E-state index in [-0.39, 0.29) is 5.78 Å². The first kappa shape index (κ1) is 11.0. The van der Waals surface area contributed by atoms with Crippen molar-refractivity contribution in [1.29, 1.82) is 0 Å². The zero-order valence-corrected chi connectivity index (χ0v) is 10.4. The van der Waals surface area contributed by atoms with Gasteiger partial charge in [0.05, 0.1) is 0 Å². The predicted octanol–water partition coefficient (Wildman–Crippen LogP) is 3.48. The van der Waals surface area contributed by atoms with Gasteiger partial charge in [0.25, 0.3) is 0 Å². The van der Waals surface area contributed by atoms with Crippen LogP contribution in [0.25, 0.3) is 17.0 Å². The lowest BCUT2D eigenvalue weighted by atomic mass is 9.97. The van der Waals surface area contributed by atoms with Crippen molar-refractivity contribution in [1.82, 2.24) is 4.57 Å². The molecule has 18 heavy (non-hydrogen) atoms. The van der Waals surface area contributed by atoms with E-state index in [1.807, 2.05) is 31.3 Å². The predicted molar refractivity (Wildman–Crippen MR) is 74.3 cm³/mol. The molecule has 2 nitrogen and oxygen atoms in total. The summed E-state index contributed by atoms with van der Waals surface area (Å²) in [4.78, 5) is 11.8. The second-order valence-corrected chi connectivity index (χ2v) is 4.69. The molecule has 1 aliphatic rings. The lowest BCUT2D eigenvalue weighted by Gasteiger charge is -2.06. The van der Waals surface area contributed by atoms with Crippen molar-refractivity contribution in [2.24, 2.45) is 7.05 Å². The number of nitrogens with zero attached hydrogens (tertiary/aromatic N) is 1. The molecule has 0 unspecified atom stereocenters. The Hall–Kier alpha value is -2.09. The SMILES string of the molecule is Cn1cc(/C=C2\CCC=CC2=O)c2ccccc21. The van der Waals surface area contributed by atoms with Gasteiger partial charge >= 0.3 is 0 Å². The maximum atomic E-state index is 11.8. The van der Waals surface area contributed by atoms with Crippen LogP contribution in [0.3, 0.4) is 0 Å². The van der Waals surface area contributed by atoms with E-state index in [9.17, 15) is 4.79 Å². The second kappa shape index (κ2) is 4.30. The number of rotatable bonds is 1. The molecule has 1 aromatic heterocycles. The van der Waals surface area contributed by atoms with Gasteiger partial charge in [-0.1, -0.05) is 24.3 Å². The molecule has 90 valence electrons. The van der Waals surface area contributed by atoms with Gasteiger partial charge in [-0.25, -0.2) is 0 Å². The summed E-state index contributed by atoms with van der Waals surface area (Å²) < 4.78 is 2.10. The summed E-state index contributed by atoms with van der Waals surface area (Å²) >= 11 is 0. The van der Waals surface area contributed by atoms with Gasteiger partial charge < -0.3 is 4.57 Å². The van der Waals surface area contributed by atoms with Crippen molar-refractivity contribution in [2.45, 2.75) is 12.8 Å². The molecule has 2 aromatic rings. The third-order valence-electron chi connectivity index (χ3n) is 3.42. The number of carbonyl (C=O) groups excluding carboxylic acids is 1. The summed E-state index contributed by atoms with van der Waals surface area (Å²) in [5, 5.41) is 1.20. The molecular formula is C16H15NO. The van der Waals surface area contributed by atoms with Crippen LogP contribution in [0.4, 0.5) is 0 Å². The molecule has 2 heteroatoms. The fourth-order valence-electron chi connectivity index (χ4n) is 2.48. The van der Waals surface area contributed by atoms with Crippen LogP contribution in [0.5, 0.6) is 0 Å². The Morgan fingerprint density at radius 1 is 1.28 bits per heavy atom. The van der Waals surface area contributed by atoms with E-state index in [0.29, 0.717) is 0 Å². The van der Waals surface area contributed by atoms with Gasteiger partial charge in [-0.3, -0.25) is 4.79 Å². The first-order valence-corrected chi connectivity index (χ1v) is 6.21. The van der Waals surface area contributed by atoms with Gasteiger partial charge in [-0.2, -0.15) is 0 Å². The van der Waals surface area contributed by atoms with Crippen LogP contribution in [-0.4, -0.2) is 10.4 Å². The van der Waals surface area contributed by atoms with Crippen LogP contribution in [0, 0.1) is 0 Å². The van der Waals surface area contributed by atoms with E-state index in [4.69, 9.17) is 0 Å². The molecule has 0 bridgehead atoms. The molecule has 0 atom stereocenters. The highest BCUT2D eigenvalue weighted by Gasteiger charge is 2.11. The Morgan fingerprint density at radius 2 is 2.11 bits per heavy atom. The average Bonchev–Trinajstić information content (AvgIpc) is 2.70. The minimum Gasteiger partial charge on any atom is -0.350 e. The minimum absolute atomic E-state index is 0.147. The zero-order chi connectivity index (χ0) is 12.5. The maximum absolute atomic E-state index is 11.8. The molecule has 0 spiro atoms. The van der Waals surface area contributed by atoms with Crippen molar-refractivity contribution in [3.8, 4) is 0 Å². The average molecular weight is 237 g/mol. The molecule has 1 heterocycles. The van der Waals surface area contributed by atoms with Gasteiger partial charge in [0.15, 0.2) is 5.78 Å². The lowest BCUT2D eigenvalue weighted by Crippen LogP contribution is -2.02. The quantitative estimate of drug-likeness (QED) is 0.696. The van der Waals surface area contributed by atoms with Crippen LogP contribution in [0.2, 0.25) is 0 Å². The van der Waals surface area contributed by atoms with E-state index in [1.54, 1.807) is 6.08 Å². The Balaban J connectivity index is 2.13. The van der Waals surface area contributed by atoms with Crippen LogP contribution >= 0.6 is 0 Å².